The van der Waals surface area contributed by atoms with Crippen LogP contribution in [0.1, 0.15) is 11.6 Å². The minimum absolute atomic E-state index is 0.121. The molecule has 1 heterocycles. The number of carbonyl (C=O) groups is 1. The summed E-state index contributed by atoms with van der Waals surface area (Å²) in [7, 11) is 0. The molecule has 1 aliphatic rings. The van der Waals surface area contributed by atoms with Gasteiger partial charge < -0.3 is 15.3 Å². The lowest BCUT2D eigenvalue weighted by Gasteiger charge is -2.32. The second-order valence-electron chi connectivity index (χ2n) is 3.90. The van der Waals surface area contributed by atoms with Crippen molar-refractivity contribution in [2.24, 2.45) is 0 Å². The normalized spacial score (nSPS) is 20.4. The Hall–Kier alpha value is -1.69. The topological polar surface area (TPSA) is 52.6 Å². The van der Waals surface area contributed by atoms with Crippen LogP contribution in [0.15, 0.2) is 18.2 Å². The number of hydrogen-bond donors (Lipinski definition) is 2. The molecule has 1 fully saturated rings. The van der Waals surface area contributed by atoms with Crippen LogP contribution in [0.4, 0.5) is 13.6 Å². The molecule has 1 aromatic carbocycles. The van der Waals surface area contributed by atoms with Gasteiger partial charge in [-0.15, -0.1) is 0 Å². The van der Waals surface area contributed by atoms with Crippen molar-refractivity contribution in [3.05, 3.63) is 35.4 Å². The Morgan fingerprint density at radius 1 is 1.47 bits per heavy atom. The molecule has 0 spiro atoms. The van der Waals surface area contributed by atoms with Crippen LogP contribution in [-0.4, -0.2) is 35.7 Å². The summed E-state index contributed by atoms with van der Waals surface area (Å²) in [6.07, 6.45) is -1.05. The van der Waals surface area contributed by atoms with Crippen LogP contribution < -0.4 is 5.32 Å². The Morgan fingerprint density at radius 3 is 2.94 bits per heavy atom. The number of nitrogens with zero attached hydrogens (tertiary/aromatic N) is 1. The Morgan fingerprint density at radius 2 is 2.24 bits per heavy atom. The van der Waals surface area contributed by atoms with E-state index in [9.17, 15) is 13.6 Å². The molecule has 17 heavy (non-hydrogen) atoms. The van der Waals surface area contributed by atoms with Crippen molar-refractivity contribution >= 4 is 6.09 Å². The molecule has 92 valence electrons. The van der Waals surface area contributed by atoms with E-state index in [1.54, 1.807) is 0 Å². The molecule has 1 atom stereocenters. The summed E-state index contributed by atoms with van der Waals surface area (Å²) in [5, 5.41) is 11.8. The van der Waals surface area contributed by atoms with Gasteiger partial charge in [-0.2, -0.15) is 0 Å². The van der Waals surface area contributed by atoms with Crippen LogP contribution in [0.2, 0.25) is 0 Å². The zero-order valence-electron chi connectivity index (χ0n) is 8.99. The summed E-state index contributed by atoms with van der Waals surface area (Å²) in [6.45, 7) is 0.894. The van der Waals surface area contributed by atoms with Gasteiger partial charge in [0.2, 0.25) is 0 Å². The molecule has 0 saturated carbocycles. The van der Waals surface area contributed by atoms with Gasteiger partial charge >= 0.3 is 6.09 Å². The van der Waals surface area contributed by atoms with Gasteiger partial charge in [0.05, 0.1) is 6.04 Å². The highest BCUT2D eigenvalue weighted by molar-refractivity contribution is 5.65. The van der Waals surface area contributed by atoms with Gasteiger partial charge in [-0.25, -0.2) is 13.6 Å². The van der Waals surface area contributed by atoms with E-state index in [0.29, 0.717) is 13.1 Å². The highest BCUT2D eigenvalue weighted by Gasteiger charge is 2.25. The van der Waals surface area contributed by atoms with Gasteiger partial charge in [-0.05, 0) is 18.2 Å². The number of amides is 1. The minimum atomic E-state index is -1.05. The first kappa shape index (κ1) is 11.8. The molecule has 2 rings (SSSR count). The van der Waals surface area contributed by atoms with Gasteiger partial charge in [0.1, 0.15) is 11.6 Å². The monoisotopic (exact) mass is 242 g/mol. The average Bonchev–Trinajstić information content (AvgIpc) is 2.32. The van der Waals surface area contributed by atoms with E-state index in [4.69, 9.17) is 5.11 Å². The molecular weight excluding hydrogens is 230 g/mol. The van der Waals surface area contributed by atoms with Crippen LogP contribution >= 0.6 is 0 Å². The van der Waals surface area contributed by atoms with Crippen molar-refractivity contribution < 1.29 is 18.7 Å². The molecule has 1 saturated heterocycles. The smallest absolute Gasteiger partial charge is 0.407 e. The molecule has 0 aliphatic carbocycles. The van der Waals surface area contributed by atoms with E-state index in [1.807, 2.05) is 0 Å². The predicted molar refractivity (Wildman–Crippen MR) is 56.7 cm³/mol. The number of nitrogens with one attached hydrogen (secondary N) is 1. The molecule has 1 aliphatic heterocycles. The molecule has 0 bridgehead atoms. The van der Waals surface area contributed by atoms with Crippen molar-refractivity contribution in [3.8, 4) is 0 Å². The van der Waals surface area contributed by atoms with Gasteiger partial charge in [-0.3, -0.25) is 0 Å². The Kier molecular flexibility index (Phi) is 3.23. The standard InChI is InChI=1S/C11H12F2N2O2/c12-7-1-2-9(13)8(5-7)10-6-15(11(16)17)4-3-14-10/h1-2,5,10,14H,3-4,6H2,(H,16,17). The Labute approximate surface area is 96.8 Å². The second-order valence-corrected chi connectivity index (χ2v) is 3.90. The number of piperazine rings is 1. The van der Waals surface area contributed by atoms with Crippen molar-refractivity contribution in [2.75, 3.05) is 19.6 Å². The molecule has 4 nitrogen and oxygen atoms in total. The quantitative estimate of drug-likeness (QED) is 0.786. The molecule has 6 heteroatoms. The van der Waals surface area contributed by atoms with Crippen LogP contribution in [0.3, 0.4) is 0 Å². The average molecular weight is 242 g/mol. The van der Waals surface area contributed by atoms with E-state index in [2.05, 4.69) is 5.32 Å². The summed E-state index contributed by atoms with van der Waals surface area (Å²) < 4.78 is 26.5. The lowest BCUT2D eigenvalue weighted by molar-refractivity contribution is 0.128. The van der Waals surface area contributed by atoms with Crippen molar-refractivity contribution in [1.82, 2.24) is 10.2 Å². The van der Waals surface area contributed by atoms with Crippen molar-refractivity contribution in [1.29, 1.82) is 0 Å². The van der Waals surface area contributed by atoms with Crippen LogP contribution in [-0.2, 0) is 0 Å². The maximum absolute atomic E-state index is 13.5. The molecule has 0 aromatic heterocycles. The van der Waals surface area contributed by atoms with E-state index in [1.165, 1.54) is 4.90 Å². The highest BCUT2D eigenvalue weighted by Crippen LogP contribution is 2.21. The molecule has 1 amide bonds. The van der Waals surface area contributed by atoms with E-state index in [-0.39, 0.29) is 12.1 Å². The van der Waals surface area contributed by atoms with Crippen LogP contribution in [0.5, 0.6) is 0 Å². The van der Waals surface area contributed by atoms with Crippen LogP contribution in [0, 0.1) is 11.6 Å². The third kappa shape index (κ3) is 2.52. The number of benzene rings is 1. The number of halogens is 2. The maximum atomic E-state index is 13.5. The van der Waals surface area contributed by atoms with Gasteiger partial charge in [-0.1, -0.05) is 0 Å². The number of hydrogen-bond acceptors (Lipinski definition) is 2. The van der Waals surface area contributed by atoms with Gasteiger partial charge in [0.25, 0.3) is 0 Å². The summed E-state index contributed by atoms with van der Waals surface area (Å²) in [5.41, 5.74) is 0.163. The fourth-order valence-corrected chi connectivity index (χ4v) is 1.91. The first-order valence-electron chi connectivity index (χ1n) is 5.24. The largest absolute Gasteiger partial charge is 0.465 e. The summed E-state index contributed by atoms with van der Waals surface area (Å²) >= 11 is 0. The van der Waals surface area contributed by atoms with Crippen molar-refractivity contribution in [3.63, 3.8) is 0 Å². The fraction of sp³-hybridized carbons (Fsp3) is 0.364. The Bertz CT molecular complexity index is 439. The van der Waals surface area contributed by atoms with E-state index >= 15 is 0 Å². The predicted octanol–water partition coefficient (Wildman–Crippen LogP) is 1.59. The number of carboxylic acid groups (broad SMARTS) is 1. The number of rotatable bonds is 1. The Balaban J connectivity index is 2.21. The summed E-state index contributed by atoms with van der Waals surface area (Å²) in [5.74, 6) is -1.06. The second kappa shape index (κ2) is 4.67. The lowest BCUT2D eigenvalue weighted by Crippen LogP contribution is -2.48. The van der Waals surface area contributed by atoms with Gasteiger partial charge in [0.15, 0.2) is 0 Å². The third-order valence-electron chi connectivity index (χ3n) is 2.78. The van der Waals surface area contributed by atoms with E-state index in [0.717, 1.165) is 18.2 Å². The minimum Gasteiger partial charge on any atom is -0.465 e. The molecule has 1 unspecified atom stereocenters. The van der Waals surface area contributed by atoms with Crippen LogP contribution in [0.25, 0.3) is 0 Å². The SMILES string of the molecule is O=C(O)N1CCNC(c2cc(F)ccc2F)C1. The van der Waals surface area contributed by atoms with Crippen molar-refractivity contribution in [2.45, 2.75) is 6.04 Å². The summed E-state index contributed by atoms with van der Waals surface area (Å²) in [6, 6.07) is 2.68. The molecular formula is C11H12F2N2O2. The maximum Gasteiger partial charge on any atom is 0.407 e. The third-order valence-corrected chi connectivity index (χ3v) is 2.78. The first-order valence-corrected chi connectivity index (χ1v) is 5.24. The molecule has 2 N–H and O–H groups in total. The fourth-order valence-electron chi connectivity index (χ4n) is 1.91. The molecule has 0 radical (unpaired) electrons. The zero-order chi connectivity index (χ0) is 12.4. The lowest BCUT2D eigenvalue weighted by atomic mass is 10.0. The zero-order valence-corrected chi connectivity index (χ0v) is 8.99. The highest BCUT2D eigenvalue weighted by atomic mass is 19.1. The first-order chi connectivity index (χ1) is 8.08. The summed E-state index contributed by atoms with van der Waals surface area (Å²) in [4.78, 5) is 12.0. The van der Waals surface area contributed by atoms with E-state index < -0.39 is 23.8 Å². The van der Waals surface area contributed by atoms with Gasteiger partial charge in [0, 0.05) is 25.2 Å². The molecule has 1 aromatic rings.